The number of nitrogens with zero attached hydrogens (tertiary/aromatic N) is 3. The fraction of sp³-hybridized carbons (Fsp3) is 0.300. The maximum absolute atomic E-state index is 13.5. The van der Waals surface area contributed by atoms with Gasteiger partial charge in [0, 0.05) is 12.5 Å². The van der Waals surface area contributed by atoms with E-state index in [4.69, 9.17) is 4.52 Å². The molecule has 0 aliphatic carbocycles. The van der Waals surface area contributed by atoms with Crippen LogP contribution in [0.25, 0.3) is 0 Å². The van der Waals surface area contributed by atoms with Gasteiger partial charge in [-0.15, -0.1) is 0 Å². The van der Waals surface area contributed by atoms with E-state index in [0.29, 0.717) is 24.7 Å². The van der Waals surface area contributed by atoms with E-state index < -0.39 is 0 Å². The molecule has 1 aromatic heterocycles. The predicted octanol–water partition coefficient (Wildman–Crippen LogP) is 4.14. The van der Waals surface area contributed by atoms with Crippen molar-refractivity contribution in [2.24, 2.45) is 0 Å². The number of benzene rings is 2. The molecule has 1 saturated heterocycles. The summed E-state index contributed by atoms with van der Waals surface area (Å²) in [5, 5.41) is 4.09. The predicted molar refractivity (Wildman–Crippen MR) is 92.3 cm³/mol. The lowest BCUT2D eigenvalue weighted by Gasteiger charge is -2.23. The Bertz CT molecular complexity index is 834. The molecule has 25 heavy (non-hydrogen) atoms. The van der Waals surface area contributed by atoms with Gasteiger partial charge in [-0.3, -0.25) is 4.90 Å². The second-order valence-electron chi connectivity index (χ2n) is 6.45. The molecule has 1 atom stereocenters. The first-order chi connectivity index (χ1) is 12.3. The summed E-state index contributed by atoms with van der Waals surface area (Å²) in [6.07, 6.45) is 2.78. The van der Waals surface area contributed by atoms with Crippen molar-refractivity contribution >= 4 is 0 Å². The zero-order chi connectivity index (χ0) is 17.1. The molecule has 0 saturated carbocycles. The van der Waals surface area contributed by atoms with E-state index in [2.05, 4.69) is 27.2 Å². The Morgan fingerprint density at radius 3 is 2.84 bits per heavy atom. The van der Waals surface area contributed by atoms with Crippen molar-refractivity contribution in [3.63, 3.8) is 0 Å². The van der Waals surface area contributed by atoms with E-state index in [1.807, 2.05) is 24.3 Å². The zero-order valence-corrected chi connectivity index (χ0v) is 13.9. The number of hydrogen-bond donors (Lipinski definition) is 0. The van der Waals surface area contributed by atoms with Crippen molar-refractivity contribution in [2.45, 2.75) is 31.8 Å². The first-order valence-corrected chi connectivity index (χ1v) is 8.63. The summed E-state index contributed by atoms with van der Waals surface area (Å²) >= 11 is 0. The molecule has 2 heterocycles. The SMILES string of the molecule is Fc1cccc([C@H]2CCCN2Cc2nc(Cc3ccccc3)no2)c1. The molecule has 5 heteroatoms. The third kappa shape index (κ3) is 3.77. The lowest BCUT2D eigenvalue weighted by Crippen LogP contribution is -2.23. The average molecular weight is 337 g/mol. The van der Waals surface area contributed by atoms with Gasteiger partial charge < -0.3 is 4.52 Å². The van der Waals surface area contributed by atoms with E-state index in [9.17, 15) is 4.39 Å². The van der Waals surface area contributed by atoms with Gasteiger partial charge in [-0.1, -0.05) is 47.6 Å². The normalized spacial score (nSPS) is 17.9. The van der Waals surface area contributed by atoms with Gasteiger partial charge in [-0.05, 0) is 42.6 Å². The Labute approximate surface area is 146 Å². The van der Waals surface area contributed by atoms with Crippen LogP contribution in [0.1, 0.15) is 41.7 Å². The molecule has 2 aromatic carbocycles. The minimum absolute atomic E-state index is 0.188. The van der Waals surface area contributed by atoms with E-state index in [1.165, 1.54) is 6.07 Å². The highest BCUT2D eigenvalue weighted by molar-refractivity contribution is 5.21. The molecule has 0 unspecified atom stereocenters. The van der Waals surface area contributed by atoms with E-state index in [1.54, 1.807) is 12.1 Å². The molecule has 0 N–H and O–H groups in total. The monoisotopic (exact) mass is 337 g/mol. The summed E-state index contributed by atoms with van der Waals surface area (Å²) < 4.78 is 19.0. The van der Waals surface area contributed by atoms with Crippen molar-refractivity contribution < 1.29 is 8.91 Å². The van der Waals surface area contributed by atoms with Crippen molar-refractivity contribution in [2.75, 3.05) is 6.54 Å². The molecule has 0 amide bonds. The van der Waals surface area contributed by atoms with Crippen LogP contribution in [0.4, 0.5) is 4.39 Å². The van der Waals surface area contributed by atoms with E-state index in [0.717, 1.165) is 30.5 Å². The number of aromatic nitrogens is 2. The smallest absolute Gasteiger partial charge is 0.240 e. The zero-order valence-electron chi connectivity index (χ0n) is 13.9. The van der Waals surface area contributed by atoms with Gasteiger partial charge in [-0.2, -0.15) is 4.98 Å². The quantitative estimate of drug-likeness (QED) is 0.702. The third-order valence-corrected chi connectivity index (χ3v) is 4.65. The van der Waals surface area contributed by atoms with Crippen molar-refractivity contribution in [3.8, 4) is 0 Å². The Hall–Kier alpha value is -2.53. The second kappa shape index (κ2) is 7.15. The second-order valence-corrected chi connectivity index (χ2v) is 6.45. The minimum atomic E-state index is -0.188. The molecule has 1 aliphatic heterocycles. The fourth-order valence-electron chi connectivity index (χ4n) is 3.49. The van der Waals surface area contributed by atoms with Crippen LogP contribution in [0.15, 0.2) is 59.1 Å². The highest BCUT2D eigenvalue weighted by atomic mass is 19.1. The molecule has 0 spiro atoms. The van der Waals surface area contributed by atoms with E-state index >= 15 is 0 Å². The van der Waals surface area contributed by atoms with Crippen LogP contribution in [0, 0.1) is 5.82 Å². The molecule has 4 rings (SSSR count). The highest BCUT2D eigenvalue weighted by Gasteiger charge is 2.27. The van der Waals surface area contributed by atoms with Crippen LogP contribution in [0.3, 0.4) is 0 Å². The van der Waals surface area contributed by atoms with Gasteiger partial charge in [-0.25, -0.2) is 4.39 Å². The number of hydrogen-bond acceptors (Lipinski definition) is 4. The number of halogens is 1. The lowest BCUT2D eigenvalue weighted by molar-refractivity contribution is 0.212. The standard InChI is InChI=1S/C20H20FN3O/c21-17-9-4-8-16(13-17)18-10-5-11-24(18)14-20-22-19(23-25-20)12-15-6-2-1-3-7-15/h1-4,6-9,13,18H,5,10-12,14H2/t18-/m1/s1. The molecular weight excluding hydrogens is 317 g/mol. The van der Waals surface area contributed by atoms with Crippen LogP contribution in [-0.4, -0.2) is 21.6 Å². The van der Waals surface area contributed by atoms with E-state index in [-0.39, 0.29) is 11.9 Å². The van der Waals surface area contributed by atoms with Crippen LogP contribution >= 0.6 is 0 Å². The van der Waals surface area contributed by atoms with Crippen LogP contribution in [0.2, 0.25) is 0 Å². The van der Waals surface area contributed by atoms with Gasteiger partial charge in [0.25, 0.3) is 0 Å². The number of likely N-dealkylation sites (tertiary alicyclic amines) is 1. The molecule has 0 bridgehead atoms. The third-order valence-electron chi connectivity index (χ3n) is 4.65. The Kier molecular flexibility index (Phi) is 4.57. The first-order valence-electron chi connectivity index (χ1n) is 8.63. The molecule has 1 fully saturated rings. The molecule has 0 radical (unpaired) electrons. The van der Waals surface area contributed by atoms with Gasteiger partial charge >= 0.3 is 0 Å². The van der Waals surface area contributed by atoms with Crippen molar-refractivity contribution in [1.29, 1.82) is 0 Å². The topological polar surface area (TPSA) is 42.2 Å². The molecule has 128 valence electrons. The highest BCUT2D eigenvalue weighted by Crippen LogP contribution is 2.33. The maximum Gasteiger partial charge on any atom is 0.240 e. The maximum atomic E-state index is 13.5. The van der Waals surface area contributed by atoms with Gasteiger partial charge in [0.15, 0.2) is 5.82 Å². The largest absolute Gasteiger partial charge is 0.338 e. The summed E-state index contributed by atoms with van der Waals surface area (Å²) in [6, 6.07) is 17.2. The van der Waals surface area contributed by atoms with Crippen LogP contribution < -0.4 is 0 Å². The van der Waals surface area contributed by atoms with Crippen LogP contribution in [-0.2, 0) is 13.0 Å². The van der Waals surface area contributed by atoms with Crippen molar-refractivity contribution in [1.82, 2.24) is 15.0 Å². The minimum Gasteiger partial charge on any atom is -0.338 e. The van der Waals surface area contributed by atoms with Gasteiger partial charge in [0.2, 0.25) is 5.89 Å². The Balaban J connectivity index is 1.45. The van der Waals surface area contributed by atoms with Crippen LogP contribution in [0.5, 0.6) is 0 Å². The van der Waals surface area contributed by atoms with Crippen molar-refractivity contribution in [3.05, 3.63) is 83.3 Å². The summed E-state index contributed by atoms with van der Waals surface area (Å²) in [4.78, 5) is 6.81. The summed E-state index contributed by atoms with van der Waals surface area (Å²) in [6.45, 7) is 1.56. The molecule has 4 nitrogen and oxygen atoms in total. The summed E-state index contributed by atoms with van der Waals surface area (Å²) in [5.74, 6) is 1.13. The lowest BCUT2D eigenvalue weighted by atomic mass is 10.0. The average Bonchev–Trinajstić information content (AvgIpc) is 3.26. The first kappa shape index (κ1) is 16.0. The molecule has 3 aromatic rings. The van der Waals surface area contributed by atoms with Gasteiger partial charge in [0.05, 0.1) is 6.54 Å². The molecular formula is C20H20FN3O. The fourth-order valence-corrected chi connectivity index (χ4v) is 3.49. The summed E-state index contributed by atoms with van der Waals surface area (Å²) in [7, 11) is 0. The van der Waals surface area contributed by atoms with Gasteiger partial charge in [0.1, 0.15) is 5.82 Å². The Morgan fingerprint density at radius 1 is 1.12 bits per heavy atom. The summed E-state index contributed by atoms with van der Waals surface area (Å²) in [5.41, 5.74) is 2.18. The molecule has 1 aliphatic rings. The number of rotatable bonds is 5. The Morgan fingerprint density at radius 2 is 2.00 bits per heavy atom.